The predicted octanol–water partition coefficient (Wildman–Crippen LogP) is 4.20. The van der Waals surface area contributed by atoms with Crippen molar-refractivity contribution in [3.05, 3.63) is 58.3 Å². The van der Waals surface area contributed by atoms with Crippen molar-refractivity contribution in [3.8, 4) is 5.75 Å². The second kappa shape index (κ2) is 9.66. The lowest BCUT2D eigenvalue weighted by molar-refractivity contribution is 0.301. The minimum absolute atomic E-state index is 0.446. The summed E-state index contributed by atoms with van der Waals surface area (Å²) in [6.07, 6.45) is 8.60. The van der Waals surface area contributed by atoms with Crippen LogP contribution in [0.4, 0.5) is 5.95 Å². The lowest BCUT2D eigenvalue weighted by Crippen LogP contribution is -2.34. The van der Waals surface area contributed by atoms with E-state index in [1.807, 2.05) is 36.7 Å². The van der Waals surface area contributed by atoms with Crippen LogP contribution in [0.25, 0.3) is 0 Å². The number of nitrogens with zero attached hydrogens (tertiary/aromatic N) is 4. The molecule has 1 unspecified atom stereocenters. The first kappa shape index (κ1) is 20.9. The molecule has 0 spiro atoms. The van der Waals surface area contributed by atoms with E-state index in [-0.39, 0.29) is 0 Å². The van der Waals surface area contributed by atoms with Gasteiger partial charge in [-0.15, -0.1) is 11.3 Å². The number of aryl methyl sites for hydroxylation is 1. The number of aromatic nitrogens is 3. The number of hydrogen-bond acceptors (Lipinski definition) is 7. The molecule has 0 N–H and O–H groups in total. The summed E-state index contributed by atoms with van der Waals surface area (Å²) in [6.45, 7) is 4.46. The van der Waals surface area contributed by atoms with E-state index in [1.54, 1.807) is 17.6 Å². The topological polar surface area (TPSA) is 68.2 Å². The van der Waals surface area contributed by atoms with Gasteiger partial charge in [0.05, 0.1) is 10.7 Å². The number of piperidine rings is 1. The van der Waals surface area contributed by atoms with Crippen molar-refractivity contribution in [2.24, 2.45) is 0 Å². The lowest BCUT2D eigenvalue weighted by Gasteiger charge is -2.31. The van der Waals surface area contributed by atoms with Crippen molar-refractivity contribution in [2.45, 2.75) is 43.6 Å². The van der Waals surface area contributed by atoms with Crippen molar-refractivity contribution < 1.29 is 8.95 Å². The molecule has 1 aliphatic rings. The van der Waals surface area contributed by atoms with Crippen molar-refractivity contribution in [1.29, 1.82) is 0 Å². The zero-order chi connectivity index (χ0) is 20.9. The zero-order valence-corrected chi connectivity index (χ0v) is 18.9. The van der Waals surface area contributed by atoms with Gasteiger partial charge in [0.15, 0.2) is 0 Å². The fourth-order valence-corrected chi connectivity index (χ4v) is 4.98. The molecule has 1 atom stereocenters. The van der Waals surface area contributed by atoms with E-state index in [1.165, 1.54) is 10.6 Å². The Morgan fingerprint density at radius 1 is 1.17 bits per heavy atom. The van der Waals surface area contributed by atoms with Crippen molar-refractivity contribution in [3.63, 3.8) is 0 Å². The predicted molar refractivity (Wildman–Crippen MR) is 121 cm³/mol. The fourth-order valence-electron chi connectivity index (χ4n) is 3.48. The molecule has 158 valence electrons. The number of rotatable bonds is 7. The minimum Gasteiger partial charge on any atom is -0.487 e. The summed E-state index contributed by atoms with van der Waals surface area (Å²) in [5.41, 5.74) is 2.13. The second-order valence-electron chi connectivity index (χ2n) is 7.40. The molecule has 0 radical (unpaired) electrons. The molecular formula is C22H26N4O2S2. The Morgan fingerprint density at radius 3 is 2.50 bits per heavy atom. The van der Waals surface area contributed by atoms with Crippen LogP contribution < -0.4 is 9.64 Å². The van der Waals surface area contributed by atoms with Gasteiger partial charge in [-0.3, -0.25) is 4.21 Å². The van der Waals surface area contributed by atoms with Crippen LogP contribution in [-0.4, -0.2) is 38.5 Å². The van der Waals surface area contributed by atoms with Gasteiger partial charge in [0, 0.05) is 58.7 Å². The largest absolute Gasteiger partial charge is 0.487 e. The van der Waals surface area contributed by atoms with E-state index in [2.05, 4.69) is 27.2 Å². The molecule has 1 aliphatic heterocycles. The number of benzene rings is 1. The van der Waals surface area contributed by atoms with Gasteiger partial charge in [0.25, 0.3) is 0 Å². The molecule has 0 aliphatic carbocycles. The average molecular weight is 443 g/mol. The highest BCUT2D eigenvalue weighted by Gasteiger charge is 2.24. The van der Waals surface area contributed by atoms with Crippen LogP contribution >= 0.6 is 11.3 Å². The van der Waals surface area contributed by atoms with Gasteiger partial charge >= 0.3 is 0 Å². The Hall–Kier alpha value is -2.32. The van der Waals surface area contributed by atoms with Gasteiger partial charge in [-0.25, -0.2) is 15.0 Å². The molecule has 4 rings (SSSR count). The summed E-state index contributed by atoms with van der Waals surface area (Å²) < 4.78 is 17.3. The maximum absolute atomic E-state index is 11.5. The first-order valence-electron chi connectivity index (χ1n) is 10.2. The fraction of sp³-hybridized carbons (Fsp3) is 0.409. The Balaban J connectivity index is 1.29. The summed E-state index contributed by atoms with van der Waals surface area (Å²) in [4.78, 5) is 16.9. The molecule has 1 aromatic carbocycles. The van der Waals surface area contributed by atoms with Crippen molar-refractivity contribution >= 4 is 28.1 Å². The third kappa shape index (κ3) is 5.05. The van der Waals surface area contributed by atoms with Gasteiger partial charge in [0.1, 0.15) is 12.4 Å². The molecule has 1 fully saturated rings. The minimum atomic E-state index is -0.971. The highest BCUT2D eigenvalue weighted by Crippen LogP contribution is 2.31. The van der Waals surface area contributed by atoms with Gasteiger partial charge in [0.2, 0.25) is 5.95 Å². The number of hydrogen-bond donors (Lipinski definition) is 0. The molecular weight excluding hydrogens is 416 g/mol. The van der Waals surface area contributed by atoms with Crippen LogP contribution in [0.1, 0.15) is 41.9 Å². The van der Waals surface area contributed by atoms with Gasteiger partial charge in [-0.1, -0.05) is 6.92 Å². The van der Waals surface area contributed by atoms with Gasteiger partial charge < -0.3 is 9.64 Å². The molecule has 3 heterocycles. The Morgan fingerprint density at radius 2 is 1.87 bits per heavy atom. The molecule has 0 bridgehead atoms. The molecule has 2 aromatic heterocycles. The Kier molecular flexibility index (Phi) is 6.74. The normalized spacial score (nSPS) is 15.9. The molecule has 30 heavy (non-hydrogen) atoms. The van der Waals surface area contributed by atoms with Crippen LogP contribution in [0.15, 0.2) is 46.9 Å². The van der Waals surface area contributed by atoms with E-state index in [9.17, 15) is 4.21 Å². The van der Waals surface area contributed by atoms with Crippen LogP contribution in [0.3, 0.4) is 0 Å². The summed E-state index contributed by atoms with van der Waals surface area (Å²) >= 11 is 1.72. The first-order chi connectivity index (χ1) is 14.6. The van der Waals surface area contributed by atoms with Gasteiger partial charge in [-0.2, -0.15) is 0 Å². The van der Waals surface area contributed by atoms with Crippen molar-refractivity contribution in [1.82, 2.24) is 15.0 Å². The summed E-state index contributed by atoms with van der Waals surface area (Å²) in [6, 6.07) is 7.39. The summed E-state index contributed by atoms with van der Waals surface area (Å²) in [5, 5.41) is 3.27. The maximum Gasteiger partial charge on any atom is 0.225 e. The zero-order valence-electron chi connectivity index (χ0n) is 17.3. The average Bonchev–Trinajstić information content (AvgIpc) is 3.27. The standard InChI is InChI=1S/C22H26N4O2S2/c1-3-16-12-23-22(24-13-16)26-10-8-17(9-11-26)21-25-18(15-29-21)14-28-19-4-6-20(7-5-19)30(2)27/h4-7,12-13,15,17H,3,8-11,14H2,1-2H3. The monoisotopic (exact) mass is 442 g/mol. The smallest absolute Gasteiger partial charge is 0.225 e. The third-order valence-corrected chi connectivity index (χ3v) is 7.33. The van der Waals surface area contributed by atoms with Crippen molar-refractivity contribution in [2.75, 3.05) is 24.2 Å². The number of anilines is 1. The number of ether oxygens (including phenoxy) is 1. The molecule has 0 saturated carbocycles. The van der Waals surface area contributed by atoms with E-state index in [0.717, 1.165) is 54.6 Å². The maximum atomic E-state index is 11.5. The highest BCUT2D eigenvalue weighted by atomic mass is 32.2. The van der Waals surface area contributed by atoms with Crippen LogP contribution in [0.2, 0.25) is 0 Å². The first-order valence-corrected chi connectivity index (χ1v) is 12.6. The molecule has 1 saturated heterocycles. The quantitative estimate of drug-likeness (QED) is 0.546. The molecule has 3 aromatic rings. The summed E-state index contributed by atoms with van der Waals surface area (Å²) in [5.74, 6) is 2.08. The third-order valence-electron chi connectivity index (χ3n) is 5.34. The van der Waals surface area contributed by atoms with E-state index < -0.39 is 10.8 Å². The van der Waals surface area contributed by atoms with E-state index >= 15 is 0 Å². The van der Waals surface area contributed by atoms with Gasteiger partial charge in [-0.05, 0) is 49.1 Å². The van der Waals surface area contributed by atoms with E-state index in [4.69, 9.17) is 9.72 Å². The Labute approximate surface area is 183 Å². The van der Waals surface area contributed by atoms with Crippen LogP contribution in [0.5, 0.6) is 5.75 Å². The molecule has 8 heteroatoms. The van der Waals surface area contributed by atoms with Crippen LogP contribution in [0, 0.1) is 0 Å². The molecule has 0 amide bonds. The number of thiazole rings is 1. The van der Waals surface area contributed by atoms with E-state index in [0.29, 0.717) is 12.5 Å². The highest BCUT2D eigenvalue weighted by molar-refractivity contribution is 7.84. The summed E-state index contributed by atoms with van der Waals surface area (Å²) in [7, 11) is -0.971. The lowest BCUT2D eigenvalue weighted by atomic mass is 9.98. The Bertz CT molecular complexity index is 981. The van der Waals surface area contributed by atoms with Crippen LogP contribution in [-0.2, 0) is 23.8 Å². The molecule has 6 nitrogen and oxygen atoms in total. The SMILES string of the molecule is CCc1cnc(N2CCC(c3nc(COc4ccc(S(C)=O)cc4)cs3)CC2)nc1. The second-order valence-corrected chi connectivity index (χ2v) is 9.67.